The molecule has 0 fully saturated rings. The molecular formula is C12H14BrN3OS2. The number of thioether (sulfide) groups is 1. The number of rotatable bonds is 7. The summed E-state index contributed by atoms with van der Waals surface area (Å²) in [5.74, 6) is 0.895. The lowest BCUT2D eigenvalue weighted by atomic mass is 10.2. The van der Waals surface area contributed by atoms with Crippen LogP contribution in [0.4, 0.5) is 5.13 Å². The van der Waals surface area contributed by atoms with E-state index >= 15 is 0 Å². The molecule has 0 aliphatic heterocycles. The van der Waals surface area contributed by atoms with Crippen LogP contribution in [0.15, 0.2) is 33.1 Å². The second-order valence-electron chi connectivity index (χ2n) is 3.71. The molecule has 4 nitrogen and oxygen atoms in total. The Kier molecular flexibility index (Phi) is 6.09. The third kappa shape index (κ3) is 5.10. The van der Waals surface area contributed by atoms with Gasteiger partial charge >= 0.3 is 0 Å². The number of nitrogens with zero attached hydrogens (tertiary/aromatic N) is 2. The molecule has 0 saturated heterocycles. The van der Waals surface area contributed by atoms with Crippen LogP contribution in [0, 0.1) is 0 Å². The predicted molar refractivity (Wildman–Crippen MR) is 84.0 cm³/mol. The topological polar surface area (TPSA) is 47.0 Å². The molecule has 7 heteroatoms. The minimum atomic E-state index is 0.667. The Morgan fingerprint density at radius 3 is 3.11 bits per heavy atom. The zero-order valence-electron chi connectivity index (χ0n) is 10.4. The Bertz CT molecular complexity index is 521. The lowest BCUT2D eigenvalue weighted by molar-refractivity contribution is 0.211. The summed E-state index contributed by atoms with van der Waals surface area (Å²) in [5.41, 5.74) is 1.27. The fourth-order valence-electron chi connectivity index (χ4n) is 1.37. The third-order valence-corrected chi connectivity index (χ3v) is 4.82. The van der Waals surface area contributed by atoms with Gasteiger partial charge in [-0.3, -0.25) is 0 Å². The van der Waals surface area contributed by atoms with Crippen molar-refractivity contribution in [2.75, 3.05) is 25.6 Å². The first-order valence-corrected chi connectivity index (χ1v) is 8.31. The number of nitrogens with one attached hydrogen (secondary N) is 1. The van der Waals surface area contributed by atoms with Crippen LogP contribution >= 0.6 is 39.0 Å². The monoisotopic (exact) mass is 359 g/mol. The van der Waals surface area contributed by atoms with Crippen LogP contribution in [0.5, 0.6) is 0 Å². The summed E-state index contributed by atoms with van der Waals surface area (Å²) in [6.45, 7) is 1.42. The van der Waals surface area contributed by atoms with Gasteiger partial charge in [-0.2, -0.15) is 0 Å². The maximum absolute atomic E-state index is 4.97. The van der Waals surface area contributed by atoms with Gasteiger partial charge in [-0.05, 0) is 17.7 Å². The van der Waals surface area contributed by atoms with E-state index in [1.54, 1.807) is 30.2 Å². The van der Waals surface area contributed by atoms with Gasteiger partial charge in [0.05, 0.1) is 6.61 Å². The number of hydrogen-bond donors (Lipinski definition) is 1. The van der Waals surface area contributed by atoms with E-state index in [2.05, 4.69) is 43.6 Å². The van der Waals surface area contributed by atoms with Gasteiger partial charge in [0.1, 0.15) is 0 Å². The Morgan fingerprint density at radius 2 is 2.32 bits per heavy atom. The molecule has 0 amide bonds. The standard InChI is InChI=1S/C12H14BrN3OS2/c1-17-6-5-14-11-15-16-12(19-11)18-8-9-3-2-4-10(13)7-9/h2-4,7H,5-6,8H2,1H3,(H,14,15). The van der Waals surface area contributed by atoms with Gasteiger partial charge in [0, 0.05) is 23.9 Å². The van der Waals surface area contributed by atoms with E-state index in [0.717, 1.165) is 26.2 Å². The first kappa shape index (κ1) is 14.8. The number of benzene rings is 1. The molecule has 0 radical (unpaired) electrons. The number of hydrogen-bond acceptors (Lipinski definition) is 6. The molecule has 102 valence electrons. The fourth-order valence-corrected chi connectivity index (χ4v) is 3.54. The van der Waals surface area contributed by atoms with Gasteiger partial charge in [-0.25, -0.2) is 0 Å². The first-order chi connectivity index (χ1) is 9.28. The number of aromatic nitrogens is 2. The Morgan fingerprint density at radius 1 is 1.42 bits per heavy atom. The molecular weight excluding hydrogens is 346 g/mol. The van der Waals surface area contributed by atoms with Crippen molar-refractivity contribution in [3.63, 3.8) is 0 Å². The van der Waals surface area contributed by atoms with E-state index < -0.39 is 0 Å². The number of anilines is 1. The highest BCUT2D eigenvalue weighted by atomic mass is 79.9. The fraction of sp³-hybridized carbons (Fsp3) is 0.333. The van der Waals surface area contributed by atoms with E-state index in [1.165, 1.54) is 5.56 Å². The number of methoxy groups -OCH3 is 1. The molecule has 0 bridgehead atoms. The van der Waals surface area contributed by atoms with E-state index in [4.69, 9.17) is 4.74 Å². The normalized spacial score (nSPS) is 10.6. The minimum Gasteiger partial charge on any atom is -0.383 e. The lowest BCUT2D eigenvalue weighted by Gasteiger charge is -1.99. The molecule has 0 spiro atoms. The van der Waals surface area contributed by atoms with Crippen molar-refractivity contribution < 1.29 is 4.74 Å². The molecule has 19 heavy (non-hydrogen) atoms. The quantitative estimate of drug-likeness (QED) is 0.603. The average molecular weight is 360 g/mol. The Balaban J connectivity index is 1.83. The molecule has 0 saturated carbocycles. The van der Waals surface area contributed by atoms with Crippen molar-refractivity contribution in [2.45, 2.75) is 10.1 Å². The van der Waals surface area contributed by atoms with Gasteiger partial charge in [0.25, 0.3) is 0 Å². The van der Waals surface area contributed by atoms with Crippen LogP contribution in [-0.2, 0) is 10.5 Å². The molecule has 0 unspecified atom stereocenters. The predicted octanol–water partition coefficient (Wildman–Crippen LogP) is 3.65. The highest BCUT2D eigenvalue weighted by Crippen LogP contribution is 2.28. The average Bonchev–Trinajstić information content (AvgIpc) is 2.85. The maximum Gasteiger partial charge on any atom is 0.206 e. The maximum atomic E-state index is 4.97. The Hall–Kier alpha value is -0.630. The van der Waals surface area contributed by atoms with Crippen LogP contribution < -0.4 is 5.32 Å². The summed E-state index contributed by atoms with van der Waals surface area (Å²) in [4.78, 5) is 0. The van der Waals surface area contributed by atoms with Crippen LogP contribution in [-0.4, -0.2) is 30.5 Å². The first-order valence-electron chi connectivity index (χ1n) is 5.71. The second-order valence-corrected chi connectivity index (χ2v) is 6.83. The number of ether oxygens (including phenoxy) is 1. The summed E-state index contributed by atoms with van der Waals surface area (Å²) in [5, 5.41) is 12.3. The van der Waals surface area contributed by atoms with Crippen LogP contribution in [0.3, 0.4) is 0 Å². The zero-order valence-corrected chi connectivity index (χ0v) is 13.6. The van der Waals surface area contributed by atoms with Gasteiger partial charge in [-0.1, -0.05) is 51.2 Å². The summed E-state index contributed by atoms with van der Waals surface area (Å²) >= 11 is 6.74. The largest absolute Gasteiger partial charge is 0.383 e. The minimum absolute atomic E-state index is 0.667. The second kappa shape index (κ2) is 7.84. The van der Waals surface area contributed by atoms with Gasteiger partial charge < -0.3 is 10.1 Å². The lowest BCUT2D eigenvalue weighted by Crippen LogP contribution is -2.06. The van der Waals surface area contributed by atoms with Crippen molar-refractivity contribution >= 4 is 44.2 Å². The van der Waals surface area contributed by atoms with Crippen LogP contribution in [0.25, 0.3) is 0 Å². The van der Waals surface area contributed by atoms with E-state index in [9.17, 15) is 0 Å². The molecule has 0 aliphatic carbocycles. The zero-order chi connectivity index (χ0) is 13.5. The van der Waals surface area contributed by atoms with Crippen LogP contribution in [0.2, 0.25) is 0 Å². The van der Waals surface area contributed by atoms with Crippen molar-refractivity contribution in [3.05, 3.63) is 34.3 Å². The van der Waals surface area contributed by atoms with Gasteiger partial charge in [0.15, 0.2) is 4.34 Å². The van der Waals surface area contributed by atoms with Gasteiger partial charge in [0.2, 0.25) is 5.13 Å². The van der Waals surface area contributed by atoms with E-state index in [-0.39, 0.29) is 0 Å². The summed E-state index contributed by atoms with van der Waals surface area (Å²) < 4.78 is 7.04. The molecule has 1 aromatic heterocycles. The van der Waals surface area contributed by atoms with Gasteiger partial charge in [-0.15, -0.1) is 10.2 Å². The highest BCUT2D eigenvalue weighted by molar-refractivity contribution is 9.10. The molecule has 2 rings (SSSR count). The molecule has 1 N–H and O–H groups in total. The smallest absolute Gasteiger partial charge is 0.206 e. The number of halogens is 1. The molecule has 1 heterocycles. The molecule has 0 atom stereocenters. The Labute approximate surface area is 129 Å². The van der Waals surface area contributed by atoms with E-state index in [0.29, 0.717) is 6.61 Å². The summed E-state index contributed by atoms with van der Waals surface area (Å²) in [6.07, 6.45) is 0. The molecule has 2 aromatic rings. The highest BCUT2D eigenvalue weighted by Gasteiger charge is 2.04. The third-order valence-electron chi connectivity index (χ3n) is 2.24. The molecule has 1 aromatic carbocycles. The summed E-state index contributed by atoms with van der Waals surface area (Å²) in [7, 11) is 1.68. The summed E-state index contributed by atoms with van der Waals surface area (Å²) in [6, 6.07) is 8.29. The SMILES string of the molecule is COCCNc1nnc(SCc2cccc(Br)c2)s1. The van der Waals surface area contributed by atoms with Crippen molar-refractivity contribution in [3.8, 4) is 0 Å². The molecule has 0 aliphatic rings. The van der Waals surface area contributed by atoms with Crippen molar-refractivity contribution in [1.29, 1.82) is 0 Å². The van der Waals surface area contributed by atoms with Crippen LogP contribution in [0.1, 0.15) is 5.56 Å². The van der Waals surface area contributed by atoms with Crippen molar-refractivity contribution in [1.82, 2.24) is 10.2 Å². The van der Waals surface area contributed by atoms with E-state index in [1.807, 2.05) is 12.1 Å². The van der Waals surface area contributed by atoms with Crippen molar-refractivity contribution in [2.24, 2.45) is 0 Å².